The van der Waals surface area contributed by atoms with Gasteiger partial charge in [-0.05, 0) is 55.2 Å². The molecule has 1 aliphatic carbocycles. The fourth-order valence-corrected chi connectivity index (χ4v) is 5.66. The van der Waals surface area contributed by atoms with Crippen LogP contribution >= 0.6 is 0 Å². The molecule has 0 aromatic heterocycles. The van der Waals surface area contributed by atoms with E-state index in [-0.39, 0.29) is 24.7 Å². The number of methoxy groups -OCH3 is 3. The lowest BCUT2D eigenvalue weighted by molar-refractivity contribution is -0.279. The molecule has 236 valence electrons. The summed E-state index contributed by atoms with van der Waals surface area (Å²) in [5.74, 6) is -0.749. The number of aliphatic hydroxyl groups excluding tert-OH is 1. The van der Waals surface area contributed by atoms with Gasteiger partial charge in [0.05, 0.1) is 19.8 Å². The Bertz CT molecular complexity index is 926. The Balaban J connectivity index is 2.05. The first-order valence-corrected chi connectivity index (χ1v) is 14.5. The number of halogens is 3. The van der Waals surface area contributed by atoms with E-state index in [4.69, 9.17) is 24.7 Å². The highest BCUT2D eigenvalue weighted by molar-refractivity contribution is 5.86. The topological polar surface area (TPSA) is 112 Å². The van der Waals surface area contributed by atoms with Gasteiger partial charge in [-0.25, -0.2) is 0 Å². The number of nitrogens with one attached hydrogen (secondary N) is 1. The molecule has 1 saturated carbocycles. The summed E-state index contributed by atoms with van der Waals surface area (Å²) in [6.45, 7) is 4.76. The zero-order valence-electron chi connectivity index (χ0n) is 25.1. The van der Waals surface area contributed by atoms with Gasteiger partial charge >= 0.3 is 6.18 Å². The molecule has 4 unspecified atom stereocenters. The van der Waals surface area contributed by atoms with Crippen molar-refractivity contribution in [2.75, 3.05) is 41.1 Å². The average molecular weight is 591 g/mol. The minimum Gasteiger partial charge on any atom is -0.493 e. The molecule has 1 fully saturated rings. The number of hydrogen-bond donors (Lipinski definition) is 3. The van der Waals surface area contributed by atoms with Crippen LogP contribution in [0.4, 0.5) is 13.2 Å². The number of carbonyl (C=O) groups excluding carboxylic acids is 1. The van der Waals surface area contributed by atoms with Gasteiger partial charge in [-0.2, -0.15) is 13.2 Å². The smallest absolute Gasteiger partial charge is 0.426 e. The zero-order chi connectivity index (χ0) is 30.6. The molecule has 11 heteroatoms. The van der Waals surface area contributed by atoms with Gasteiger partial charge in [-0.15, -0.1) is 0 Å². The van der Waals surface area contributed by atoms with Crippen LogP contribution in [-0.4, -0.2) is 76.0 Å². The van der Waals surface area contributed by atoms with Gasteiger partial charge in [0.2, 0.25) is 5.60 Å². The predicted octanol–water partition coefficient (Wildman–Crippen LogP) is 4.65. The molecule has 4 N–H and O–H groups in total. The minimum absolute atomic E-state index is 0.0561. The molecule has 0 radical (unpaired) electrons. The number of rotatable bonds is 17. The van der Waals surface area contributed by atoms with Gasteiger partial charge in [0.15, 0.2) is 11.5 Å². The van der Waals surface area contributed by atoms with Crippen molar-refractivity contribution in [3.8, 4) is 11.5 Å². The molecule has 0 spiro atoms. The molecule has 1 amide bonds. The molecule has 2 rings (SSSR count). The Morgan fingerprint density at radius 2 is 1.78 bits per heavy atom. The van der Waals surface area contributed by atoms with Crippen LogP contribution in [-0.2, 0) is 20.7 Å². The fourth-order valence-electron chi connectivity index (χ4n) is 5.66. The van der Waals surface area contributed by atoms with E-state index in [1.807, 2.05) is 18.2 Å². The van der Waals surface area contributed by atoms with Crippen molar-refractivity contribution >= 4 is 5.91 Å². The molecular formula is C30H49F3N2O6. The predicted molar refractivity (Wildman–Crippen MR) is 151 cm³/mol. The van der Waals surface area contributed by atoms with Crippen molar-refractivity contribution in [1.29, 1.82) is 0 Å². The number of hydrogen-bond acceptors (Lipinski definition) is 7. The average Bonchev–Trinajstić information content (AvgIpc) is 2.94. The quantitative estimate of drug-likeness (QED) is 0.227. The summed E-state index contributed by atoms with van der Waals surface area (Å²) in [5.41, 5.74) is 4.38. The van der Waals surface area contributed by atoms with Gasteiger partial charge < -0.3 is 35.1 Å². The molecule has 41 heavy (non-hydrogen) atoms. The van der Waals surface area contributed by atoms with Crippen molar-refractivity contribution in [1.82, 2.24) is 5.32 Å². The molecule has 1 aromatic carbocycles. The van der Waals surface area contributed by atoms with Gasteiger partial charge in [-0.1, -0.05) is 39.2 Å². The number of alkyl halides is 3. The second kappa shape index (κ2) is 16.5. The Kier molecular flexibility index (Phi) is 14.2. The first-order chi connectivity index (χ1) is 19.4. The van der Waals surface area contributed by atoms with Gasteiger partial charge in [0.25, 0.3) is 5.91 Å². The SMILES string of the molecule is COCCCOc1cc(CC(CC(N)C(O)CNC(=O)C(OC)(C2CCCCC2)C(F)(F)F)C(C)C)ccc1OC. The van der Waals surface area contributed by atoms with E-state index in [0.29, 0.717) is 50.4 Å². The summed E-state index contributed by atoms with van der Waals surface area (Å²) in [7, 11) is 4.13. The van der Waals surface area contributed by atoms with Crippen LogP contribution in [0.25, 0.3) is 0 Å². The molecule has 0 bridgehead atoms. The van der Waals surface area contributed by atoms with Crippen molar-refractivity contribution in [3.63, 3.8) is 0 Å². The number of nitrogens with two attached hydrogens (primary N) is 1. The van der Waals surface area contributed by atoms with Gasteiger partial charge in [-0.3, -0.25) is 4.79 Å². The molecule has 4 atom stereocenters. The Hall–Kier alpha value is -2.08. The molecular weight excluding hydrogens is 541 g/mol. The van der Waals surface area contributed by atoms with E-state index in [0.717, 1.165) is 25.5 Å². The first kappa shape index (κ1) is 35.1. The van der Waals surface area contributed by atoms with E-state index < -0.39 is 42.3 Å². The molecule has 0 aliphatic heterocycles. The van der Waals surface area contributed by atoms with Crippen molar-refractivity contribution in [2.24, 2.45) is 23.5 Å². The summed E-state index contributed by atoms with van der Waals surface area (Å²) in [4.78, 5) is 13.0. The lowest BCUT2D eigenvalue weighted by atomic mass is 9.75. The molecule has 8 nitrogen and oxygen atoms in total. The van der Waals surface area contributed by atoms with Crippen LogP contribution < -0.4 is 20.5 Å². The van der Waals surface area contributed by atoms with Crippen molar-refractivity contribution in [3.05, 3.63) is 23.8 Å². The summed E-state index contributed by atoms with van der Waals surface area (Å²) in [6, 6.07) is 4.96. The van der Waals surface area contributed by atoms with E-state index in [2.05, 4.69) is 19.2 Å². The highest BCUT2D eigenvalue weighted by Crippen LogP contribution is 2.45. The summed E-state index contributed by atoms with van der Waals surface area (Å²) in [6.07, 6.45) is -1.78. The van der Waals surface area contributed by atoms with Crippen LogP contribution in [0.3, 0.4) is 0 Å². The number of aliphatic hydroxyl groups is 1. The van der Waals surface area contributed by atoms with E-state index in [9.17, 15) is 23.1 Å². The third-order valence-corrected chi connectivity index (χ3v) is 8.22. The van der Waals surface area contributed by atoms with Crippen molar-refractivity contribution < 1.29 is 42.0 Å². The fraction of sp³-hybridized carbons (Fsp3) is 0.767. The van der Waals surface area contributed by atoms with Gasteiger partial charge in [0, 0.05) is 45.8 Å². The van der Waals surface area contributed by atoms with E-state index in [1.165, 1.54) is 0 Å². The van der Waals surface area contributed by atoms with Crippen LogP contribution in [0.2, 0.25) is 0 Å². The normalized spacial score (nSPS) is 18.4. The number of amides is 1. The third-order valence-electron chi connectivity index (χ3n) is 8.22. The maximum Gasteiger partial charge on any atom is 0.426 e. The number of benzene rings is 1. The lowest BCUT2D eigenvalue weighted by Crippen LogP contribution is -2.64. The summed E-state index contributed by atoms with van der Waals surface area (Å²) < 4.78 is 64.1. The summed E-state index contributed by atoms with van der Waals surface area (Å²) in [5, 5.41) is 13.1. The molecule has 1 aliphatic rings. The van der Waals surface area contributed by atoms with E-state index >= 15 is 0 Å². The Labute approximate surface area is 242 Å². The minimum atomic E-state index is -4.89. The molecule has 0 heterocycles. The third kappa shape index (κ3) is 9.46. The maximum absolute atomic E-state index is 14.2. The lowest BCUT2D eigenvalue weighted by Gasteiger charge is -2.41. The first-order valence-electron chi connectivity index (χ1n) is 14.5. The second-order valence-electron chi connectivity index (χ2n) is 11.3. The standard InChI is InChI=1S/C30H49F3N2O6/c1-20(2)22(16-21-12-13-26(39-4)27(17-21)41-15-9-14-38-3)18-24(34)25(36)19-35-28(37)29(40-5,30(31,32)33)23-10-7-6-8-11-23/h12-13,17,20,22-25,36H,6-11,14-16,18-19,34H2,1-5H3,(H,35,37). The Morgan fingerprint density at radius 1 is 1.10 bits per heavy atom. The monoisotopic (exact) mass is 590 g/mol. The van der Waals surface area contributed by atoms with Crippen LogP contribution in [0, 0.1) is 17.8 Å². The number of ether oxygens (including phenoxy) is 4. The summed E-state index contributed by atoms with van der Waals surface area (Å²) >= 11 is 0. The largest absolute Gasteiger partial charge is 0.493 e. The van der Waals surface area contributed by atoms with Crippen molar-refractivity contribution in [2.45, 2.75) is 89.1 Å². The molecule has 0 saturated heterocycles. The maximum atomic E-state index is 14.2. The Morgan fingerprint density at radius 3 is 2.34 bits per heavy atom. The van der Waals surface area contributed by atoms with Crippen LogP contribution in [0.15, 0.2) is 18.2 Å². The molecule has 1 aromatic rings. The van der Waals surface area contributed by atoms with Crippen LogP contribution in [0.5, 0.6) is 11.5 Å². The highest BCUT2D eigenvalue weighted by Gasteiger charge is 2.65. The van der Waals surface area contributed by atoms with Crippen LogP contribution in [0.1, 0.15) is 64.4 Å². The second-order valence-corrected chi connectivity index (χ2v) is 11.3. The van der Waals surface area contributed by atoms with Gasteiger partial charge in [0.1, 0.15) is 0 Å². The highest BCUT2D eigenvalue weighted by atomic mass is 19.4. The number of carbonyl (C=O) groups is 1. The zero-order valence-corrected chi connectivity index (χ0v) is 25.1. The van der Waals surface area contributed by atoms with E-state index in [1.54, 1.807) is 14.2 Å².